The Hall–Kier alpha value is -1.18. The summed E-state index contributed by atoms with van der Waals surface area (Å²) in [7, 11) is -2.26. The summed E-state index contributed by atoms with van der Waals surface area (Å²) in [5.74, 6) is 0. The fourth-order valence-electron chi connectivity index (χ4n) is 1.61. The van der Waals surface area contributed by atoms with Crippen LogP contribution in [0.3, 0.4) is 0 Å². The number of aromatic nitrogens is 1. The molecular weight excluding hydrogens is 266 g/mol. The minimum absolute atomic E-state index is 0.00778. The third kappa shape index (κ3) is 4.15. The first-order valence-corrected chi connectivity index (χ1v) is 7.67. The van der Waals surface area contributed by atoms with E-state index in [0.717, 1.165) is 10.7 Å². The lowest BCUT2D eigenvalue weighted by Gasteiger charge is -2.19. The first-order chi connectivity index (χ1) is 8.89. The first-order valence-electron chi connectivity index (χ1n) is 6.23. The molecule has 108 valence electrons. The minimum atomic E-state index is -3.70. The van der Waals surface area contributed by atoms with E-state index < -0.39 is 16.1 Å². The zero-order valence-electron chi connectivity index (χ0n) is 11.5. The summed E-state index contributed by atoms with van der Waals surface area (Å²) in [6.45, 7) is 4.25. The minimum Gasteiger partial charge on any atom is -0.392 e. The van der Waals surface area contributed by atoms with E-state index in [-0.39, 0.29) is 11.6 Å². The van der Waals surface area contributed by atoms with Crippen LogP contribution in [0.1, 0.15) is 20.3 Å². The summed E-state index contributed by atoms with van der Waals surface area (Å²) in [5, 5.41) is 12.3. The highest BCUT2D eigenvalue weighted by Gasteiger charge is 2.26. The van der Waals surface area contributed by atoms with Gasteiger partial charge in [0.25, 0.3) is 10.0 Å². The van der Waals surface area contributed by atoms with Crippen LogP contribution in [0.25, 0.3) is 0 Å². The highest BCUT2D eigenvalue weighted by molar-refractivity contribution is 7.89. The molecule has 1 unspecified atom stereocenters. The number of nitrogens with zero attached hydrogens (tertiary/aromatic N) is 2. The van der Waals surface area contributed by atoms with E-state index in [2.05, 4.69) is 10.3 Å². The van der Waals surface area contributed by atoms with Gasteiger partial charge in [0.2, 0.25) is 0 Å². The third-order valence-corrected chi connectivity index (χ3v) is 4.30. The molecule has 0 saturated carbocycles. The van der Waals surface area contributed by atoms with Crippen molar-refractivity contribution in [2.45, 2.75) is 31.4 Å². The van der Waals surface area contributed by atoms with Gasteiger partial charge in [-0.25, -0.2) is 13.4 Å². The summed E-state index contributed by atoms with van der Waals surface area (Å²) in [6.07, 6.45) is 1.61. The Balaban J connectivity index is 3.06. The maximum absolute atomic E-state index is 12.4. The van der Waals surface area contributed by atoms with Crippen molar-refractivity contribution < 1.29 is 13.5 Å². The molecule has 1 atom stereocenters. The number of hydrogen-bond acceptors (Lipinski definition) is 5. The zero-order chi connectivity index (χ0) is 14.5. The molecule has 0 aromatic carbocycles. The van der Waals surface area contributed by atoms with Crippen molar-refractivity contribution in [3.05, 3.63) is 18.3 Å². The molecule has 19 heavy (non-hydrogen) atoms. The normalized spacial score (nSPS) is 13.5. The maximum atomic E-state index is 12.4. The zero-order valence-corrected chi connectivity index (χ0v) is 12.3. The molecule has 1 aromatic heterocycles. The van der Waals surface area contributed by atoms with Crippen LogP contribution in [0.5, 0.6) is 0 Å². The molecule has 1 heterocycles. The number of nitrogens with one attached hydrogen (secondary N) is 1. The number of hydrogen-bond donors (Lipinski definition) is 2. The van der Waals surface area contributed by atoms with Crippen molar-refractivity contribution in [1.82, 2.24) is 9.29 Å². The van der Waals surface area contributed by atoms with Crippen molar-refractivity contribution in [2.75, 3.05) is 25.5 Å². The Labute approximate surface area is 114 Å². The van der Waals surface area contributed by atoms with Crippen molar-refractivity contribution in [3.8, 4) is 0 Å². The Morgan fingerprint density at radius 3 is 2.79 bits per heavy atom. The molecule has 1 aromatic rings. The molecule has 0 aliphatic carbocycles. The monoisotopic (exact) mass is 287 g/mol. The van der Waals surface area contributed by atoms with Gasteiger partial charge in [0.05, 0.1) is 11.8 Å². The van der Waals surface area contributed by atoms with E-state index in [9.17, 15) is 13.5 Å². The number of likely N-dealkylation sites (N-methyl/N-ethyl adjacent to an activating group) is 1. The van der Waals surface area contributed by atoms with E-state index in [1.54, 1.807) is 19.1 Å². The average Bonchev–Trinajstić information content (AvgIpc) is 2.35. The fourth-order valence-corrected chi connectivity index (χ4v) is 2.93. The molecule has 0 amide bonds. The predicted molar refractivity (Wildman–Crippen MR) is 74.5 cm³/mol. The molecule has 0 aliphatic rings. The quantitative estimate of drug-likeness (QED) is 0.779. The average molecular weight is 287 g/mol. The van der Waals surface area contributed by atoms with Crippen molar-refractivity contribution in [3.63, 3.8) is 0 Å². The number of anilines is 1. The summed E-state index contributed by atoms with van der Waals surface area (Å²) in [4.78, 5) is 3.96. The van der Waals surface area contributed by atoms with Crippen LogP contribution in [0.4, 0.5) is 5.69 Å². The topological polar surface area (TPSA) is 82.5 Å². The summed E-state index contributed by atoms with van der Waals surface area (Å²) in [6, 6.07) is 3.37. The summed E-state index contributed by atoms with van der Waals surface area (Å²) < 4.78 is 25.8. The van der Waals surface area contributed by atoms with Gasteiger partial charge in [-0.1, -0.05) is 6.92 Å². The number of aliphatic hydroxyl groups is 1. The van der Waals surface area contributed by atoms with Crippen molar-refractivity contribution >= 4 is 15.7 Å². The standard InChI is InChI=1S/C12H21N3O3S/c1-4-7-13-11-6-5-8-14-12(11)19(17,18)15(3)9-10(2)16/h5-6,8,10,13,16H,4,7,9H2,1-3H3. The van der Waals surface area contributed by atoms with Crippen LogP contribution in [-0.4, -0.2) is 49.1 Å². The van der Waals surface area contributed by atoms with Gasteiger partial charge in [-0.05, 0) is 25.5 Å². The number of sulfonamides is 1. The second-order valence-corrected chi connectivity index (χ2v) is 6.38. The summed E-state index contributed by atoms with van der Waals surface area (Å²) in [5.41, 5.74) is 0.488. The molecule has 6 nitrogen and oxygen atoms in total. The van der Waals surface area contributed by atoms with Gasteiger partial charge in [-0.2, -0.15) is 4.31 Å². The van der Waals surface area contributed by atoms with Gasteiger partial charge >= 0.3 is 0 Å². The summed E-state index contributed by atoms with van der Waals surface area (Å²) >= 11 is 0. The van der Waals surface area contributed by atoms with Gasteiger partial charge in [0.15, 0.2) is 5.03 Å². The van der Waals surface area contributed by atoms with Crippen molar-refractivity contribution in [2.24, 2.45) is 0 Å². The molecule has 2 N–H and O–H groups in total. The lowest BCUT2D eigenvalue weighted by molar-refractivity contribution is 0.171. The van der Waals surface area contributed by atoms with Crippen LogP contribution < -0.4 is 5.32 Å². The fraction of sp³-hybridized carbons (Fsp3) is 0.583. The molecule has 0 bridgehead atoms. The second kappa shape index (κ2) is 6.83. The van der Waals surface area contributed by atoms with E-state index in [0.29, 0.717) is 12.2 Å². The molecular formula is C12H21N3O3S. The highest BCUT2D eigenvalue weighted by atomic mass is 32.2. The van der Waals surface area contributed by atoms with Crippen LogP contribution in [0.15, 0.2) is 23.4 Å². The van der Waals surface area contributed by atoms with Crippen LogP contribution >= 0.6 is 0 Å². The van der Waals surface area contributed by atoms with E-state index in [4.69, 9.17) is 0 Å². The first kappa shape index (κ1) is 15.9. The van der Waals surface area contributed by atoms with Crippen molar-refractivity contribution in [1.29, 1.82) is 0 Å². The van der Waals surface area contributed by atoms with Gasteiger partial charge in [-0.15, -0.1) is 0 Å². The van der Waals surface area contributed by atoms with E-state index >= 15 is 0 Å². The molecule has 0 fully saturated rings. The molecule has 0 saturated heterocycles. The van der Waals surface area contributed by atoms with Crippen LogP contribution in [0.2, 0.25) is 0 Å². The largest absolute Gasteiger partial charge is 0.392 e. The highest BCUT2D eigenvalue weighted by Crippen LogP contribution is 2.21. The number of rotatable bonds is 7. The van der Waals surface area contributed by atoms with Gasteiger partial charge < -0.3 is 10.4 Å². The van der Waals surface area contributed by atoms with Gasteiger partial charge in [0, 0.05) is 26.3 Å². The van der Waals surface area contributed by atoms with Gasteiger partial charge in [0.1, 0.15) is 0 Å². The molecule has 0 spiro atoms. The maximum Gasteiger partial charge on any atom is 0.262 e. The Bertz CT molecular complexity index is 503. The van der Waals surface area contributed by atoms with Crippen LogP contribution in [-0.2, 0) is 10.0 Å². The van der Waals surface area contributed by atoms with E-state index in [1.807, 2.05) is 6.92 Å². The van der Waals surface area contributed by atoms with E-state index in [1.165, 1.54) is 13.2 Å². The smallest absolute Gasteiger partial charge is 0.262 e. The lowest BCUT2D eigenvalue weighted by Crippen LogP contribution is -2.34. The van der Waals surface area contributed by atoms with Crippen LogP contribution in [0, 0.1) is 0 Å². The third-order valence-electron chi connectivity index (χ3n) is 2.51. The molecule has 0 radical (unpaired) electrons. The lowest BCUT2D eigenvalue weighted by atomic mass is 10.4. The SMILES string of the molecule is CCCNc1cccnc1S(=O)(=O)N(C)CC(C)O. The Kier molecular flexibility index (Phi) is 5.71. The number of pyridine rings is 1. The predicted octanol–water partition coefficient (Wildman–Crippen LogP) is 0.905. The van der Waals surface area contributed by atoms with Gasteiger partial charge in [-0.3, -0.25) is 0 Å². The number of aliphatic hydroxyl groups excluding tert-OH is 1. The Morgan fingerprint density at radius 1 is 1.53 bits per heavy atom. The molecule has 1 rings (SSSR count). The Morgan fingerprint density at radius 2 is 2.21 bits per heavy atom. The molecule has 7 heteroatoms. The molecule has 0 aliphatic heterocycles. The second-order valence-electron chi connectivity index (χ2n) is 4.42.